The molecule has 0 atom stereocenters. The molecule has 0 unspecified atom stereocenters. The van der Waals surface area contributed by atoms with Gasteiger partial charge >= 0.3 is 6.18 Å². The van der Waals surface area contributed by atoms with Crippen molar-refractivity contribution in [1.29, 1.82) is 0 Å². The SMILES string of the molecule is CC(C)(Cc1cccc(C(F)(F)F)c1)NCCCOSO. The van der Waals surface area contributed by atoms with Gasteiger partial charge in [0.15, 0.2) is 12.3 Å². The van der Waals surface area contributed by atoms with E-state index in [0.29, 0.717) is 43.9 Å². The Hall–Kier alpha value is -0.760. The predicted octanol–water partition coefficient (Wildman–Crippen LogP) is 4.14. The molecule has 1 rings (SSSR count). The third-order valence-electron chi connectivity index (χ3n) is 2.96. The van der Waals surface area contributed by atoms with Crippen LogP contribution < -0.4 is 5.32 Å². The first-order valence-electron chi connectivity index (χ1n) is 6.59. The Morgan fingerprint density at radius 2 is 2.00 bits per heavy atom. The van der Waals surface area contributed by atoms with Crippen LogP contribution in [-0.2, 0) is 16.8 Å². The molecule has 3 nitrogen and oxygen atoms in total. The van der Waals surface area contributed by atoms with Crippen LogP contribution in [0, 0.1) is 0 Å². The maximum absolute atomic E-state index is 12.7. The lowest BCUT2D eigenvalue weighted by atomic mass is 9.94. The number of benzene rings is 1. The van der Waals surface area contributed by atoms with E-state index >= 15 is 0 Å². The Morgan fingerprint density at radius 1 is 1.29 bits per heavy atom. The molecule has 120 valence electrons. The van der Waals surface area contributed by atoms with Gasteiger partial charge in [0.2, 0.25) is 0 Å². The summed E-state index contributed by atoms with van der Waals surface area (Å²) in [6.07, 6.45) is -3.11. The number of halogens is 3. The van der Waals surface area contributed by atoms with E-state index in [-0.39, 0.29) is 5.54 Å². The van der Waals surface area contributed by atoms with E-state index in [4.69, 9.17) is 8.74 Å². The van der Waals surface area contributed by atoms with Gasteiger partial charge in [-0.3, -0.25) is 4.18 Å². The van der Waals surface area contributed by atoms with Gasteiger partial charge in [0, 0.05) is 5.54 Å². The zero-order valence-corrected chi connectivity index (χ0v) is 12.9. The van der Waals surface area contributed by atoms with E-state index in [1.807, 2.05) is 13.8 Å². The first kappa shape index (κ1) is 18.3. The number of nitrogens with one attached hydrogen (secondary N) is 1. The second-order valence-electron chi connectivity index (χ2n) is 5.44. The van der Waals surface area contributed by atoms with Crippen molar-refractivity contribution in [2.45, 2.75) is 38.4 Å². The second kappa shape index (κ2) is 8.03. The molecule has 0 spiro atoms. The molecule has 21 heavy (non-hydrogen) atoms. The van der Waals surface area contributed by atoms with Gasteiger partial charge in [-0.15, -0.1) is 0 Å². The third kappa shape index (κ3) is 7.17. The van der Waals surface area contributed by atoms with E-state index in [2.05, 4.69) is 5.32 Å². The van der Waals surface area contributed by atoms with Gasteiger partial charge in [0.25, 0.3) is 0 Å². The molecule has 2 N–H and O–H groups in total. The molecule has 0 fully saturated rings. The molecule has 0 aliphatic rings. The number of alkyl halides is 3. The molecule has 7 heteroatoms. The highest BCUT2D eigenvalue weighted by Gasteiger charge is 2.30. The van der Waals surface area contributed by atoms with Crippen molar-refractivity contribution in [3.8, 4) is 0 Å². The molecule has 0 aromatic heterocycles. The number of hydrogen-bond acceptors (Lipinski definition) is 4. The number of hydrogen-bond donors (Lipinski definition) is 2. The molecule has 1 aromatic rings. The summed E-state index contributed by atoms with van der Waals surface area (Å²) < 4.78 is 51.1. The summed E-state index contributed by atoms with van der Waals surface area (Å²) in [7, 11) is 0. The van der Waals surface area contributed by atoms with Crippen LogP contribution in [0.25, 0.3) is 0 Å². The highest BCUT2D eigenvalue weighted by Crippen LogP contribution is 2.30. The largest absolute Gasteiger partial charge is 0.416 e. The van der Waals surface area contributed by atoms with Crippen LogP contribution in [0.1, 0.15) is 31.4 Å². The van der Waals surface area contributed by atoms with Crippen LogP contribution in [0.5, 0.6) is 0 Å². The van der Waals surface area contributed by atoms with Gasteiger partial charge in [-0.25, -0.2) is 0 Å². The molecule has 0 radical (unpaired) electrons. The van der Waals surface area contributed by atoms with E-state index in [1.54, 1.807) is 6.07 Å². The first-order chi connectivity index (χ1) is 9.74. The van der Waals surface area contributed by atoms with Crippen molar-refractivity contribution in [2.75, 3.05) is 13.2 Å². The van der Waals surface area contributed by atoms with Crippen molar-refractivity contribution in [2.24, 2.45) is 0 Å². The fraction of sp³-hybridized carbons (Fsp3) is 0.571. The Morgan fingerprint density at radius 3 is 2.62 bits per heavy atom. The van der Waals surface area contributed by atoms with Crippen LogP contribution in [0.15, 0.2) is 24.3 Å². The molecule has 0 saturated carbocycles. The summed E-state index contributed by atoms with van der Waals surface area (Å²) in [5, 5.41) is 3.27. The van der Waals surface area contributed by atoms with Crippen LogP contribution in [0.2, 0.25) is 0 Å². The van der Waals surface area contributed by atoms with E-state index in [9.17, 15) is 13.2 Å². The zero-order chi connectivity index (χ0) is 15.9. The molecule has 0 aliphatic heterocycles. The monoisotopic (exact) mass is 323 g/mol. The van der Waals surface area contributed by atoms with Crippen molar-refractivity contribution in [3.63, 3.8) is 0 Å². The Bertz CT molecular complexity index is 438. The topological polar surface area (TPSA) is 41.5 Å². The summed E-state index contributed by atoms with van der Waals surface area (Å²) in [5.41, 5.74) is -0.301. The molecule has 0 bridgehead atoms. The first-order valence-corrected chi connectivity index (χ1v) is 7.29. The maximum atomic E-state index is 12.7. The smallest absolute Gasteiger partial charge is 0.311 e. The van der Waals surface area contributed by atoms with Gasteiger partial charge in [-0.1, -0.05) is 18.2 Å². The van der Waals surface area contributed by atoms with Crippen molar-refractivity contribution in [3.05, 3.63) is 35.4 Å². The molecule has 0 aliphatic carbocycles. The highest BCUT2D eigenvalue weighted by atomic mass is 32.2. The van der Waals surface area contributed by atoms with Crippen molar-refractivity contribution in [1.82, 2.24) is 5.32 Å². The lowest BCUT2D eigenvalue weighted by Crippen LogP contribution is -2.42. The van der Waals surface area contributed by atoms with Gasteiger partial charge in [0.05, 0.1) is 12.2 Å². The van der Waals surface area contributed by atoms with E-state index in [0.717, 1.165) is 6.07 Å². The van der Waals surface area contributed by atoms with E-state index in [1.165, 1.54) is 12.1 Å². The van der Waals surface area contributed by atoms with Crippen LogP contribution in [0.4, 0.5) is 13.2 Å². The minimum Gasteiger partial charge on any atom is -0.311 e. The summed E-state index contributed by atoms with van der Waals surface area (Å²) >= 11 is 0.332. The molecular weight excluding hydrogens is 303 g/mol. The standard InChI is InChI=1S/C14H20F3NO2S/c1-13(2,18-7-4-8-20-21-19)10-11-5-3-6-12(9-11)14(15,16)17/h3,5-6,9,18-19H,4,7-8,10H2,1-2H3. The third-order valence-corrected chi connectivity index (χ3v) is 3.23. The van der Waals surface area contributed by atoms with Gasteiger partial charge in [-0.2, -0.15) is 13.2 Å². The minimum atomic E-state index is -4.31. The molecule has 1 aromatic carbocycles. The van der Waals surface area contributed by atoms with Crippen molar-refractivity contribution >= 4 is 12.3 Å². The van der Waals surface area contributed by atoms with Gasteiger partial charge in [0.1, 0.15) is 0 Å². The summed E-state index contributed by atoms with van der Waals surface area (Å²) in [5.74, 6) is 0. The van der Waals surface area contributed by atoms with Crippen molar-refractivity contribution < 1.29 is 21.9 Å². The van der Waals surface area contributed by atoms with Gasteiger partial charge in [-0.05, 0) is 44.9 Å². The molecule has 0 heterocycles. The lowest BCUT2D eigenvalue weighted by molar-refractivity contribution is -0.137. The van der Waals surface area contributed by atoms with Crippen LogP contribution in [-0.4, -0.2) is 23.2 Å². The fourth-order valence-corrected chi connectivity index (χ4v) is 2.22. The number of rotatable bonds is 8. The van der Waals surface area contributed by atoms with Crippen LogP contribution >= 0.6 is 12.3 Å². The lowest BCUT2D eigenvalue weighted by Gasteiger charge is -2.27. The summed E-state index contributed by atoms with van der Waals surface area (Å²) in [6, 6.07) is 5.40. The van der Waals surface area contributed by atoms with Crippen LogP contribution in [0.3, 0.4) is 0 Å². The predicted molar refractivity (Wildman–Crippen MR) is 78.0 cm³/mol. The Labute approximate surface area is 127 Å². The molecule has 0 saturated heterocycles. The Balaban J connectivity index is 2.54. The molecule has 0 amide bonds. The average molecular weight is 323 g/mol. The highest BCUT2D eigenvalue weighted by molar-refractivity contribution is 7.88. The molecular formula is C14H20F3NO2S. The second-order valence-corrected chi connectivity index (χ2v) is 5.82. The normalized spacial score (nSPS) is 12.7. The maximum Gasteiger partial charge on any atom is 0.416 e. The fourth-order valence-electron chi connectivity index (χ4n) is 2.03. The average Bonchev–Trinajstić information content (AvgIpc) is 2.37. The summed E-state index contributed by atoms with van der Waals surface area (Å²) in [4.78, 5) is 0. The van der Waals surface area contributed by atoms with E-state index < -0.39 is 11.7 Å². The Kier molecular flexibility index (Phi) is 6.99. The zero-order valence-electron chi connectivity index (χ0n) is 12.0. The summed E-state index contributed by atoms with van der Waals surface area (Å²) in [6.45, 7) is 4.95. The minimum absolute atomic E-state index is 0.323. The van der Waals surface area contributed by atoms with Gasteiger partial charge < -0.3 is 9.87 Å². The quantitative estimate of drug-likeness (QED) is 0.557.